The molecule has 1 N–H and O–H groups in total. The van der Waals surface area contributed by atoms with E-state index in [2.05, 4.69) is 4.98 Å². The van der Waals surface area contributed by atoms with Gasteiger partial charge in [-0.2, -0.15) is 0 Å². The SMILES string of the molecule is C/C=C/c1ccc(OCC(O)Cn2cnc3sc4c(c3c2=O)CCC4)c(OC)c1. The summed E-state index contributed by atoms with van der Waals surface area (Å²) < 4.78 is 12.6. The first-order valence-corrected chi connectivity index (χ1v) is 10.5. The molecule has 2 aromatic heterocycles. The van der Waals surface area contributed by atoms with E-state index in [1.807, 2.05) is 37.3 Å². The van der Waals surface area contributed by atoms with E-state index in [1.165, 1.54) is 15.8 Å². The molecule has 1 aromatic carbocycles. The molecule has 0 aliphatic heterocycles. The average molecular weight is 413 g/mol. The number of rotatable bonds is 7. The van der Waals surface area contributed by atoms with Crippen molar-refractivity contribution in [3.63, 3.8) is 0 Å². The van der Waals surface area contributed by atoms with Crippen LogP contribution in [0.3, 0.4) is 0 Å². The summed E-state index contributed by atoms with van der Waals surface area (Å²) in [5, 5.41) is 11.2. The average Bonchev–Trinajstić information content (AvgIpc) is 3.30. The molecular weight excluding hydrogens is 388 g/mol. The van der Waals surface area contributed by atoms with E-state index in [1.54, 1.807) is 18.4 Å². The molecule has 1 aliphatic rings. The Hall–Kier alpha value is -2.64. The lowest BCUT2D eigenvalue weighted by Gasteiger charge is -2.16. The highest BCUT2D eigenvalue weighted by Crippen LogP contribution is 2.34. The second-order valence-electron chi connectivity index (χ2n) is 7.11. The highest BCUT2D eigenvalue weighted by Gasteiger charge is 2.22. The molecule has 1 aliphatic carbocycles. The van der Waals surface area contributed by atoms with Crippen molar-refractivity contribution in [2.45, 2.75) is 38.8 Å². The van der Waals surface area contributed by atoms with Crippen molar-refractivity contribution in [2.24, 2.45) is 0 Å². The van der Waals surface area contributed by atoms with Crippen LogP contribution in [0.4, 0.5) is 0 Å². The molecule has 1 unspecified atom stereocenters. The summed E-state index contributed by atoms with van der Waals surface area (Å²) in [7, 11) is 1.58. The maximum atomic E-state index is 12.9. The first-order valence-electron chi connectivity index (χ1n) is 9.72. The maximum absolute atomic E-state index is 12.9. The lowest BCUT2D eigenvalue weighted by atomic mass is 10.2. The zero-order chi connectivity index (χ0) is 20.4. The minimum Gasteiger partial charge on any atom is -0.493 e. The van der Waals surface area contributed by atoms with Crippen molar-refractivity contribution in [3.8, 4) is 11.5 Å². The third-order valence-corrected chi connectivity index (χ3v) is 6.28. The molecule has 0 saturated carbocycles. The number of thiophene rings is 1. The maximum Gasteiger partial charge on any atom is 0.262 e. The van der Waals surface area contributed by atoms with E-state index in [4.69, 9.17) is 9.47 Å². The number of fused-ring (bicyclic) bond motifs is 3. The summed E-state index contributed by atoms with van der Waals surface area (Å²) >= 11 is 1.61. The van der Waals surface area contributed by atoms with Crippen molar-refractivity contribution in [2.75, 3.05) is 13.7 Å². The second kappa shape index (κ2) is 8.39. The number of hydrogen-bond acceptors (Lipinski definition) is 6. The Morgan fingerprint density at radius 1 is 1.34 bits per heavy atom. The van der Waals surface area contributed by atoms with Gasteiger partial charge in [0.25, 0.3) is 5.56 Å². The van der Waals surface area contributed by atoms with Gasteiger partial charge in [-0.05, 0) is 49.4 Å². The van der Waals surface area contributed by atoms with Gasteiger partial charge in [0.05, 0.1) is 25.4 Å². The monoisotopic (exact) mass is 412 g/mol. The van der Waals surface area contributed by atoms with E-state index < -0.39 is 6.10 Å². The molecule has 152 valence electrons. The predicted molar refractivity (Wildman–Crippen MR) is 115 cm³/mol. The number of aromatic nitrogens is 2. The number of ether oxygens (including phenoxy) is 2. The van der Waals surface area contributed by atoms with Gasteiger partial charge < -0.3 is 14.6 Å². The van der Waals surface area contributed by atoms with Crippen molar-refractivity contribution in [1.82, 2.24) is 9.55 Å². The molecule has 0 spiro atoms. The van der Waals surface area contributed by atoms with Crippen LogP contribution in [-0.4, -0.2) is 34.5 Å². The van der Waals surface area contributed by atoms with Gasteiger partial charge in [-0.25, -0.2) is 4.98 Å². The number of aryl methyl sites for hydroxylation is 2. The molecule has 0 bridgehead atoms. The minimum atomic E-state index is -0.849. The van der Waals surface area contributed by atoms with Crippen molar-refractivity contribution in [3.05, 3.63) is 57.0 Å². The van der Waals surface area contributed by atoms with Crippen LogP contribution in [0.2, 0.25) is 0 Å². The minimum absolute atomic E-state index is 0.0472. The van der Waals surface area contributed by atoms with Crippen LogP contribution in [-0.2, 0) is 19.4 Å². The number of methoxy groups -OCH3 is 1. The van der Waals surface area contributed by atoms with Gasteiger partial charge in [-0.3, -0.25) is 9.36 Å². The number of aliphatic hydroxyl groups is 1. The summed E-state index contributed by atoms with van der Waals surface area (Å²) in [6, 6.07) is 5.61. The van der Waals surface area contributed by atoms with Crippen LogP contribution < -0.4 is 15.0 Å². The standard InChI is InChI=1S/C22H24N2O4S/c1-3-5-14-8-9-17(18(10-14)27-2)28-12-15(25)11-24-13-23-21-20(22(24)26)16-6-4-7-19(16)29-21/h3,5,8-10,13,15,25H,4,6-7,11-12H2,1-2H3/b5-3+. The van der Waals surface area contributed by atoms with Gasteiger partial charge in [0.1, 0.15) is 17.5 Å². The Balaban J connectivity index is 1.47. The number of allylic oxidation sites excluding steroid dienone is 1. The molecule has 3 aromatic rings. The number of benzene rings is 1. The van der Waals surface area contributed by atoms with Crippen LogP contribution in [0.5, 0.6) is 11.5 Å². The zero-order valence-corrected chi connectivity index (χ0v) is 17.4. The predicted octanol–water partition coefficient (Wildman–Crippen LogP) is 3.43. The normalized spacial score (nSPS) is 14.4. The molecule has 0 radical (unpaired) electrons. The summed E-state index contributed by atoms with van der Waals surface area (Å²) in [4.78, 5) is 19.4. The Morgan fingerprint density at radius 3 is 3.00 bits per heavy atom. The molecule has 0 fully saturated rings. The van der Waals surface area contributed by atoms with E-state index in [9.17, 15) is 9.90 Å². The molecule has 29 heavy (non-hydrogen) atoms. The third-order valence-electron chi connectivity index (χ3n) is 5.08. The van der Waals surface area contributed by atoms with Crippen molar-refractivity contribution in [1.29, 1.82) is 0 Å². The fraction of sp³-hybridized carbons (Fsp3) is 0.364. The highest BCUT2D eigenvalue weighted by atomic mass is 32.1. The van der Waals surface area contributed by atoms with Crippen LogP contribution in [0.25, 0.3) is 16.3 Å². The Kier molecular flexibility index (Phi) is 5.69. The second-order valence-corrected chi connectivity index (χ2v) is 8.20. The molecule has 0 amide bonds. The molecule has 6 nitrogen and oxygen atoms in total. The molecule has 1 atom stereocenters. The Bertz CT molecular complexity index is 1120. The quantitative estimate of drug-likeness (QED) is 0.644. The molecule has 7 heteroatoms. The third kappa shape index (κ3) is 3.93. The molecule has 0 saturated heterocycles. The van der Waals surface area contributed by atoms with Gasteiger partial charge >= 0.3 is 0 Å². The summed E-state index contributed by atoms with van der Waals surface area (Å²) in [5.74, 6) is 1.15. The fourth-order valence-electron chi connectivity index (χ4n) is 3.71. The Labute approximate surface area is 173 Å². The highest BCUT2D eigenvalue weighted by molar-refractivity contribution is 7.18. The summed E-state index contributed by atoms with van der Waals surface area (Å²) in [6.07, 6.45) is 7.65. The van der Waals surface area contributed by atoms with Crippen LogP contribution in [0.15, 0.2) is 35.4 Å². The first-order chi connectivity index (χ1) is 14.1. The topological polar surface area (TPSA) is 73.6 Å². The number of aliphatic hydroxyl groups excluding tert-OH is 1. The first kappa shape index (κ1) is 19.7. The van der Waals surface area contributed by atoms with Gasteiger partial charge in [-0.15, -0.1) is 11.3 Å². The van der Waals surface area contributed by atoms with Crippen LogP contribution in [0.1, 0.15) is 29.3 Å². The van der Waals surface area contributed by atoms with Gasteiger partial charge in [0.15, 0.2) is 11.5 Å². The van der Waals surface area contributed by atoms with Gasteiger partial charge in [-0.1, -0.05) is 18.2 Å². The Morgan fingerprint density at radius 2 is 2.21 bits per heavy atom. The summed E-state index contributed by atoms with van der Waals surface area (Å²) in [5.41, 5.74) is 2.07. The molecule has 2 heterocycles. The molecular formula is C22H24N2O4S. The van der Waals surface area contributed by atoms with E-state index >= 15 is 0 Å². The number of nitrogens with zero attached hydrogens (tertiary/aromatic N) is 2. The molecule has 4 rings (SSSR count). The van der Waals surface area contributed by atoms with E-state index in [-0.39, 0.29) is 18.7 Å². The van der Waals surface area contributed by atoms with E-state index in [0.717, 1.165) is 40.6 Å². The zero-order valence-electron chi connectivity index (χ0n) is 16.6. The van der Waals surface area contributed by atoms with Gasteiger partial charge in [0, 0.05) is 4.88 Å². The van der Waals surface area contributed by atoms with Crippen LogP contribution >= 0.6 is 11.3 Å². The smallest absolute Gasteiger partial charge is 0.262 e. The lowest BCUT2D eigenvalue weighted by molar-refractivity contribution is 0.0900. The largest absolute Gasteiger partial charge is 0.493 e. The van der Waals surface area contributed by atoms with Crippen molar-refractivity contribution < 1.29 is 14.6 Å². The lowest BCUT2D eigenvalue weighted by Crippen LogP contribution is -2.30. The van der Waals surface area contributed by atoms with E-state index in [0.29, 0.717) is 11.5 Å². The van der Waals surface area contributed by atoms with Crippen LogP contribution in [0, 0.1) is 0 Å². The summed E-state index contributed by atoms with van der Waals surface area (Å²) in [6.45, 7) is 2.13. The van der Waals surface area contributed by atoms with Crippen molar-refractivity contribution >= 4 is 27.6 Å². The van der Waals surface area contributed by atoms with Gasteiger partial charge in [0.2, 0.25) is 0 Å². The fourth-order valence-corrected chi connectivity index (χ4v) is 4.93. The number of hydrogen-bond donors (Lipinski definition) is 1.